The number of rotatable bonds is 9. The van der Waals surface area contributed by atoms with Crippen molar-refractivity contribution in [3.63, 3.8) is 0 Å². The maximum atomic E-state index is 13.4. The van der Waals surface area contributed by atoms with Crippen LogP contribution in [0.4, 0.5) is 0 Å². The average molecular weight is 475 g/mol. The van der Waals surface area contributed by atoms with E-state index in [1.165, 1.54) is 6.42 Å². The van der Waals surface area contributed by atoms with Gasteiger partial charge in [-0.05, 0) is 43.4 Å². The first-order chi connectivity index (χ1) is 15.5. The Morgan fingerprint density at radius 2 is 1.66 bits per heavy atom. The van der Waals surface area contributed by atoms with Gasteiger partial charge in [0.05, 0.1) is 0 Å². The van der Waals surface area contributed by atoms with Crippen LogP contribution in [0.3, 0.4) is 0 Å². The van der Waals surface area contributed by atoms with Crippen LogP contribution in [-0.2, 0) is 22.6 Å². The third-order valence-corrected chi connectivity index (χ3v) is 6.91. The summed E-state index contributed by atoms with van der Waals surface area (Å²) in [7, 11) is 0. The summed E-state index contributed by atoms with van der Waals surface area (Å²) in [4.78, 5) is 28.3. The van der Waals surface area contributed by atoms with Gasteiger partial charge < -0.3 is 10.2 Å². The highest BCUT2D eigenvalue weighted by Gasteiger charge is 2.31. The number of carbonyl (C=O) groups excluding carboxylic acids is 2. The zero-order chi connectivity index (χ0) is 22.9. The summed E-state index contributed by atoms with van der Waals surface area (Å²) in [5.74, 6) is -0.161. The standard InChI is InChI=1S/C26H32Cl2N2O2/c1-2-24(26(32)29-20-12-7-4-8-13-20)30(18-21-22(27)14-9-15-23(21)28)25(31)17-16-19-10-5-3-6-11-19/h3,5-6,9-11,14-15,20,24H,2,4,7-8,12-13,16-18H2,1H3,(H,29,32)/t24-/m1/s1. The van der Waals surface area contributed by atoms with E-state index in [0.29, 0.717) is 34.9 Å². The molecule has 1 N–H and O–H groups in total. The molecule has 4 nitrogen and oxygen atoms in total. The molecule has 32 heavy (non-hydrogen) atoms. The number of amides is 2. The summed E-state index contributed by atoms with van der Waals surface area (Å²) in [5, 5.41) is 4.20. The average Bonchev–Trinajstić information content (AvgIpc) is 2.80. The van der Waals surface area contributed by atoms with E-state index in [1.807, 2.05) is 37.3 Å². The number of nitrogens with zero attached hydrogens (tertiary/aromatic N) is 1. The Balaban J connectivity index is 1.80. The van der Waals surface area contributed by atoms with Crippen molar-refractivity contribution in [2.75, 3.05) is 0 Å². The van der Waals surface area contributed by atoms with Crippen molar-refractivity contribution in [2.45, 2.75) is 76.9 Å². The molecule has 2 amide bonds. The fourth-order valence-corrected chi connectivity index (χ4v) is 4.87. The molecule has 0 unspecified atom stereocenters. The molecule has 1 saturated carbocycles. The van der Waals surface area contributed by atoms with E-state index in [2.05, 4.69) is 5.32 Å². The van der Waals surface area contributed by atoms with Crippen molar-refractivity contribution < 1.29 is 9.59 Å². The molecule has 2 aromatic carbocycles. The van der Waals surface area contributed by atoms with Crippen LogP contribution < -0.4 is 5.32 Å². The Morgan fingerprint density at radius 1 is 1.00 bits per heavy atom. The topological polar surface area (TPSA) is 49.4 Å². The molecule has 1 atom stereocenters. The van der Waals surface area contributed by atoms with Crippen molar-refractivity contribution in [1.82, 2.24) is 10.2 Å². The number of halogens is 2. The van der Waals surface area contributed by atoms with E-state index in [4.69, 9.17) is 23.2 Å². The molecule has 0 radical (unpaired) electrons. The Hall–Kier alpha value is -2.04. The molecule has 3 rings (SSSR count). The van der Waals surface area contributed by atoms with Crippen LogP contribution in [0.1, 0.15) is 63.0 Å². The van der Waals surface area contributed by atoms with Gasteiger partial charge in [-0.25, -0.2) is 0 Å². The number of hydrogen-bond donors (Lipinski definition) is 1. The summed E-state index contributed by atoms with van der Waals surface area (Å²) in [6.45, 7) is 2.15. The smallest absolute Gasteiger partial charge is 0.243 e. The molecule has 0 aliphatic heterocycles. The Bertz CT molecular complexity index is 878. The van der Waals surface area contributed by atoms with Crippen LogP contribution in [0.5, 0.6) is 0 Å². The van der Waals surface area contributed by atoms with Crippen LogP contribution >= 0.6 is 23.2 Å². The first-order valence-corrected chi connectivity index (χ1v) is 12.3. The van der Waals surface area contributed by atoms with E-state index in [9.17, 15) is 9.59 Å². The molecule has 0 saturated heterocycles. The summed E-state index contributed by atoms with van der Waals surface area (Å²) in [6, 6.07) is 14.8. The maximum Gasteiger partial charge on any atom is 0.243 e. The van der Waals surface area contributed by atoms with Gasteiger partial charge in [0, 0.05) is 34.6 Å². The molecule has 6 heteroatoms. The van der Waals surface area contributed by atoms with Gasteiger partial charge in [-0.2, -0.15) is 0 Å². The van der Waals surface area contributed by atoms with E-state index in [-0.39, 0.29) is 24.4 Å². The van der Waals surface area contributed by atoms with Crippen LogP contribution in [0, 0.1) is 0 Å². The van der Waals surface area contributed by atoms with Gasteiger partial charge in [0.15, 0.2) is 0 Å². The van der Waals surface area contributed by atoms with Crippen molar-refractivity contribution in [3.05, 3.63) is 69.7 Å². The Kier molecular flexibility index (Phi) is 9.43. The lowest BCUT2D eigenvalue weighted by Gasteiger charge is -2.33. The second kappa shape index (κ2) is 12.3. The number of benzene rings is 2. The summed E-state index contributed by atoms with van der Waals surface area (Å²) >= 11 is 12.8. The molecule has 2 aromatic rings. The van der Waals surface area contributed by atoms with E-state index < -0.39 is 6.04 Å². The van der Waals surface area contributed by atoms with Crippen LogP contribution in [0.25, 0.3) is 0 Å². The van der Waals surface area contributed by atoms with Gasteiger partial charge in [-0.3, -0.25) is 9.59 Å². The number of aryl methyl sites for hydroxylation is 1. The molecule has 172 valence electrons. The van der Waals surface area contributed by atoms with Crippen LogP contribution in [0.15, 0.2) is 48.5 Å². The van der Waals surface area contributed by atoms with E-state index in [1.54, 1.807) is 23.1 Å². The van der Waals surface area contributed by atoms with Crippen molar-refractivity contribution in [3.8, 4) is 0 Å². The molecule has 0 bridgehead atoms. The minimum absolute atomic E-state index is 0.0736. The lowest BCUT2D eigenvalue weighted by atomic mass is 9.95. The second-order valence-electron chi connectivity index (χ2n) is 8.48. The van der Waals surface area contributed by atoms with Gasteiger partial charge in [0.1, 0.15) is 6.04 Å². The van der Waals surface area contributed by atoms with Crippen LogP contribution in [0.2, 0.25) is 10.0 Å². The molecular weight excluding hydrogens is 443 g/mol. The van der Waals surface area contributed by atoms with Gasteiger partial charge in [-0.1, -0.05) is 85.8 Å². The third kappa shape index (κ3) is 6.73. The maximum absolute atomic E-state index is 13.4. The van der Waals surface area contributed by atoms with Gasteiger partial charge >= 0.3 is 0 Å². The highest BCUT2D eigenvalue weighted by atomic mass is 35.5. The summed E-state index contributed by atoms with van der Waals surface area (Å²) < 4.78 is 0. The zero-order valence-corrected chi connectivity index (χ0v) is 20.2. The summed E-state index contributed by atoms with van der Waals surface area (Å²) in [5.41, 5.74) is 1.77. The minimum atomic E-state index is -0.562. The van der Waals surface area contributed by atoms with E-state index >= 15 is 0 Å². The lowest BCUT2D eigenvalue weighted by molar-refractivity contribution is -0.141. The van der Waals surface area contributed by atoms with Gasteiger partial charge in [0.2, 0.25) is 11.8 Å². The largest absolute Gasteiger partial charge is 0.352 e. The molecular formula is C26H32Cl2N2O2. The highest BCUT2D eigenvalue weighted by Crippen LogP contribution is 2.27. The van der Waals surface area contributed by atoms with E-state index in [0.717, 1.165) is 31.2 Å². The molecule has 1 fully saturated rings. The molecule has 1 aliphatic rings. The number of nitrogens with one attached hydrogen (secondary N) is 1. The molecule has 1 aliphatic carbocycles. The predicted octanol–water partition coefficient (Wildman–Crippen LogP) is 6.18. The molecule has 0 spiro atoms. The number of carbonyl (C=O) groups is 2. The molecule has 0 aromatic heterocycles. The van der Waals surface area contributed by atoms with Gasteiger partial charge in [-0.15, -0.1) is 0 Å². The van der Waals surface area contributed by atoms with Crippen LogP contribution in [-0.4, -0.2) is 28.8 Å². The van der Waals surface area contributed by atoms with Crippen molar-refractivity contribution in [2.24, 2.45) is 0 Å². The lowest BCUT2D eigenvalue weighted by Crippen LogP contribution is -2.51. The Labute approximate surface area is 201 Å². The summed E-state index contributed by atoms with van der Waals surface area (Å²) in [6.07, 6.45) is 6.96. The molecule has 0 heterocycles. The minimum Gasteiger partial charge on any atom is -0.352 e. The highest BCUT2D eigenvalue weighted by molar-refractivity contribution is 6.36. The quantitative estimate of drug-likeness (QED) is 0.471. The second-order valence-corrected chi connectivity index (χ2v) is 9.29. The van der Waals surface area contributed by atoms with Crippen molar-refractivity contribution in [1.29, 1.82) is 0 Å². The number of hydrogen-bond acceptors (Lipinski definition) is 2. The van der Waals surface area contributed by atoms with Crippen molar-refractivity contribution >= 4 is 35.0 Å². The third-order valence-electron chi connectivity index (χ3n) is 6.20. The first-order valence-electron chi connectivity index (χ1n) is 11.6. The predicted molar refractivity (Wildman–Crippen MR) is 131 cm³/mol. The monoisotopic (exact) mass is 474 g/mol. The Morgan fingerprint density at radius 3 is 2.28 bits per heavy atom. The fraction of sp³-hybridized carbons (Fsp3) is 0.462. The van der Waals surface area contributed by atoms with Gasteiger partial charge in [0.25, 0.3) is 0 Å². The normalized spacial score (nSPS) is 15.2. The fourth-order valence-electron chi connectivity index (χ4n) is 4.36. The SMILES string of the molecule is CC[C@H](C(=O)NC1CCCCC1)N(Cc1c(Cl)cccc1Cl)C(=O)CCc1ccccc1. The zero-order valence-electron chi connectivity index (χ0n) is 18.7. The first kappa shape index (κ1) is 24.6.